The lowest BCUT2D eigenvalue weighted by molar-refractivity contribution is -0.133. The molecule has 1 fully saturated rings. The quantitative estimate of drug-likeness (QED) is 0.891. The Morgan fingerprint density at radius 2 is 2.00 bits per heavy atom. The monoisotopic (exact) mass is 300 g/mol. The van der Waals surface area contributed by atoms with Crippen LogP contribution in [-0.4, -0.2) is 22.9 Å². The Kier molecular flexibility index (Phi) is 4.36. The van der Waals surface area contributed by atoms with Crippen molar-refractivity contribution < 1.29 is 4.79 Å². The van der Waals surface area contributed by atoms with Gasteiger partial charge in [0.25, 0.3) is 0 Å². The van der Waals surface area contributed by atoms with E-state index in [1.165, 1.54) is 4.88 Å². The Morgan fingerprint density at radius 3 is 2.62 bits per heavy atom. The lowest BCUT2D eigenvalue weighted by atomic mass is 10.1. The van der Waals surface area contributed by atoms with Gasteiger partial charge in [-0.25, -0.2) is 0 Å². The second-order valence-electron chi connectivity index (χ2n) is 5.57. The molecule has 1 aromatic heterocycles. The highest BCUT2D eigenvalue weighted by molar-refractivity contribution is 7.09. The van der Waals surface area contributed by atoms with Gasteiger partial charge < -0.3 is 10.6 Å². The van der Waals surface area contributed by atoms with Crippen LogP contribution in [0.15, 0.2) is 47.8 Å². The van der Waals surface area contributed by atoms with Gasteiger partial charge in [0.2, 0.25) is 5.91 Å². The van der Waals surface area contributed by atoms with Gasteiger partial charge in [-0.1, -0.05) is 36.4 Å². The fraction of sp³-hybridized carbons (Fsp3) is 0.353. The molecule has 1 unspecified atom stereocenters. The number of amides is 1. The summed E-state index contributed by atoms with van der Waals surface area (Å²) in [5, 5.41) is 2.05. The molecule has 0 spiro atoms. The van der Waals surface area contributed by atoms with Gasteiger partial charge in [-0.05, 0) is 36.3 Å². The first kappa shape index (κ1) is 14.3. The molecule has 1 aliphatic carbocycles. The van der Waals surface area contributed by atoms with Crippen molar-refractivity contribution in [1.29, 1.82) is 0 Å². The smallest absolute Gasteiger partial charge is 0.240 e. The fourth-order valence-corrected chi connectivity index (χ4v) is 3.21. The zero-order chi connectivity index (χ0) is 14.7. The van der Waals surface area contributed by atoms with Gasteiger partial charge in [0.1, 0.15) is 0 Å². The molecule has 110 valence electrons. The van der Waals surface area contributed by atoms with E-state index in [4.69, 9.17) is 5.73 Å². The molecule has 0 saturated heterocycles. The second kappa shape index (κ2) is 6.41. The highest BCUT2D eigenvalue weighted by atomic mass is 32.1. The molecule has 4 heteroatoms. The summed E-state index contributed by atoms with van der Waals surface area (Å²) in [7, 11) is 0. The van der Waals surface area contributed by atoms with Crippen molar-refractivity contribution in [2.24, 2.45) is 5.73 Å². The highest BCUT2D eigenvalue weighted by Crippen LogP contribution is 2.29. The number of hydrogen-bond acceptors (Lipinski definition) is 3. The van der Waals surface area contributed by atoms with E-state index in [0.717, 1.165) is 18.4 Å². The number of hydrogen-bond donors (Lipinski definition) is 1. The third kappa shape index (κ3) is 3.71. The summed E-state index contributed by atoms with van der Waals surface area (Å²) in [5.41, 5.74) is 7.27. The highest BCUT2D eigenvalue weighted by Gasteiger charge is 2.34. The first-order valence-electron chi connectivity index (χ1n) is 7.36. The van der Waals surface area contributed by atoms with Crippen molar-refractivity contribution in [2.45, 2.75) is 37.9 Å². The van der Waals surface area contributed by atoms with Crippen LogP contribution in [0.2, 0.25) is 0 Å². The first-order valence-corrected chi connectivity index (χ1v) is 8.24. The molecule has 21 heavy (non-hydrogen) atoms. The Morgan fingerprint density at radius 1 is 1.24 bits per heavy atom. The number of thiophene rings is 1. The van der Waals surface area contributed by atoms with Crippen LogP contribution in [0.25, 0.3) is 0 Å². The SMILES string of the molecule is NC(Cc1ccccc1)C(=O)N(Cc1cccs1)C1CC1. The van der Waals surface area contributed by atoms with Crippen molar-refractivity contribution in [2.75, 3.05) is 0 Å². The average molecular weight is 300 g/mol. The van der Waals surface area contributed by atoms with Crippen LogP contribution in [0.3, 0.4) is 0 Å². The Hall–Kier alpha value is -1.65. The zero-order valence-electron chi connectivity index (χ0n) is 11.9. The van der Waals surface area contributed by atoms with Crippen LogP contribution >= 0.6 is 11.3 Å². The summed E-state index contributed by atoms with van der Waals surface area (Å²) in [5.74, 6) is 0.0785. The number of rotatable bonds is 6. The molecule has 0 radical (unpaired) electrons. The predicted octanol–water partition coefficient (Wildman–Crippen LogP) is 2.81. The van der Waals surface area contributed by atoms with Gasteiger partial charge in [-0.3, -0.25) is 4.79 Å². The fourth-order valence-electron chi connectivity index (χ4n) is 2.51. The zero-order valence-corrected chi connectivity index (χ0v) is 12.8. The van der Waals surface area contributed by atoms with Gasteiger partial charge in [-0.2, -0.15) is 0 Å². The van der Waals surface area contributed by atoms with E-state index in [1.807, 2.05) is 41.3 Å². The minimum Gasteiger partial charge on any atom is -0.333 e. The molecule has 1 aromatic carbocycles. The topological polar surface area (TPSA) is 46.3 Å². The van der Waals surface area contributed by atoms with Gasteiger partial charge in [-0.15, -0.1) is 11.3 Å². The normalized spacial score (nSPS) is 15.7. The molecule has 3 rings (SSSR count). The van der Waals surface area contributed by atoms with Crippen LogP contribution in [0.1, 0.15) is 23.3 Å². The van der Waals surface area contributed by atoms with Crippen molar-refractivity contribution in [3.8, 4) is 0 Å². The van der Waals surface area contributed by atoms with Crippen molar-refractivity contribution in [3.05, 3.63) is 58.3 Å². The van der Waals surface area contributed by atoms with Crippen molar-refractivity contribution in [1.82, 2.24) is 4.90 Å². The minimum atomic E-state index is -0.451. The lowest BCUT2D eigenvalue weighted by Gasteiger charge is -2.25. The van der Waals surface area contributed by atoms with Crippen LogP contribution < -0.4 is 5.73 Å². The molecular formula is C17H20N2OS. The number of nitrogens with two attached hydrogens (primary N) is 1. The van der Waals surface area contributed by atoms with E-state index < -0.39 is 6.04 Å². The average Bonchev–Trinajstić information content (AvgIpc) is 3.21. The summed E-state index contributed by atoms with van der Waals surface area (Å²) in [6, 6.07) is 14.0. The van der Waals surface area contributed by atoms with Crippen molar-refractivity contribution >= 4 is 17.2 Å². The van der Waals surface area contributed by atoms with E-state index in [1.54, 1.807) is 11.3 Å². The summed E-state index contributed by atoms with van der Waals surface area (Å²) in [4.78, 5) is 15.9. The minimum absolute atomic E-state index is 0.0785. The molecule has 0 bridgehead atoms. The first-order chi connectivity index (χ1) is 10.2. The van der Waals surface area contributed by atoms with Crippen LogP contribution in [-0.2, 0) is 17.8 Å². The maximum Gasteiger partial charge on any atom is 0.240 e. The predicted molar refractivity (Wildman–Crippen MR) is 86.0 cm³/mol. The number of carbonyl (C=O) groups excluding carboxylic acids is 1. The van der Waals surface area contributed by atoms with E-state index in [-0.39, 0.29) is 5.91 Å². The van der Waals surface area contributed by atoms with E-state index in [0.29, 0.717) is 19.0 Å². The third-order valence-corrected chi connectivity index (χ3v) is 4.65. The summed E-state index contributed by atoms with van der Waals surface area (Å²) >= 11 is 1.69. The Labute approximate surface area is 129 Å². The van der Waals surface area contributed by atoms with Gasteiger partial charge in [0, 0.05) is 10.9 Å². The Balaban J connectivity index is 1.66. The second-order valence-corrected chi connectivity index (χ2v) is 6.61. The molecule has 1 atom stereocenters. The van der Waals surface area contributed by atoms with Gasteiger partial charge in [0.15, 0.2) is 0 Å². The maximum absolute atomic E-state index is 12.7. The lowest BCUT2D eigenvalue weighted by Crippen LogP contribution is -2.45. The molecule has 1 heterocycles. The summed E-state index contributed by atoms with van der Waals surface area (Å²) < 4.78 is 0. The number of carbonyl (C=O) groups is 1. The van der Waals surface area contributed by atoms with Gasteiger partial charge >= 0.3 is 0 Å². The molecule has 0 aliphatic heterocycles. The molecule has 2 N–H and O–H groups in total. The summed E-state index contributed by atoms with van der Waals surface area (Å²) in [6.45, 7) is 0.698. The van der Waals surface area contributed by atoms with Crippen LogP contribution in [0.4, 0.5) is 0 Å². The largest absolute Gasteiger partial charge is 0.333 e. The molecule has 3 nitrogen and oxygen atoms in total. The van der Waals surface area contributed by atoms with E-state index in [2.05, 4.69) is 11.4 Å². The van der Waals surface area contributed by atoms with E-state index >= 15 is 0 Å². The maximum atomic E-state index is 12.7. The number of benzene rings is 1. The molecular weight excluding hydrogens is 280 g/mol. The Bertz CT molecular complexity index is 578. The summed E-state index contributed by atoms with van der Waals surface area (Å²) in [6.07, 6.45) is 2.82. The van der Waals surface area contributed by atoms with Crippen LogP contribution in [0, 0.1) is 0 Å². The molecule has 2 aromatic rings. The van der Waals surface area contributed by atoms with Crippen LogP contribution in [0.5, 0.6) is 0 Å². The van der Waals surface area contributed by atoms with Gasteiger partial charge in [0.05, 0.1) is 12.6 Å². The molecule has 1 amide bonds. The third-order valence-electron chi connectivity index (χ3n) is 3.79. The standard InChI is InChI=1S/C17H20N2OS/c18-16(11-13-5-2-1-3-6-13)17(20)19(14-8-9-14)12-15-7-4-10-21-15/h1-7,10,14,16H,8-9,11-12,18H2. The molecule has 1 saturated carbocycles. The van der Waals surface area contributed by atoms with Crippen molar-refractivity contribution in [3.63, 3.8) is 0 Å². The van der Waals surface area contributed by atoms with E-state index in [9.17, 15) is 4.79 Å². The number of nitrogens with zero attached hydrogens (tertiary/aromatic N) is 1. The molecule has 1 aliphatic rings.